The highest BCUT2D eigenvalue weighted by Gasteiger charge is 2.23. The predicted octanol–water partition coefficient (Wildman–Crippen LogP) is 1.17. The molecule has 0 saturated carbocycles. The summed E-state index contributed by atoms with van der Waals surface area (Å²) in [6.45, 7) is 1.96. The van der Waals surface area contributed by atoms with Crippen LogP contribution in [0.5, 0.6) is 0 Å². The smallest absolute Gasteiger partial charge is 0.134 e. The van der Waals surface area contributed by atoms with E-state index in [2.05, 4.69) is 25.1 Å². The number of rotatable bonds is 2. The zero-order valence-electron chi connectivity index (χ0n) is 10.1. The Kier molecular flexibility index (Phi) is 2.84. The number of aromatic nitrogens is 4. The van der Waals surface area contributed by atoms with Crippen LogP contribution in [0.4, 0.5) is 11.6 Å². The van der Waals surface area contributed by atoms with Crippen molar-refractivity contribution in [1.82, 2.24) is 20.2 Å². The molecule has 0 bridgehead atoms. The van der Waals surface area contributed by atoms with Crippen molar-refractivity contribution < 1.29 is 0 Å². The molecule has 1 aliphatic heterocycles. The van der Waals surface area contributed by atoms with Gasteiger partial charge in [-0.3, -0.25) is 5.10 Å². The van der Waals surface area contributed by atoms with Gasteiger partial charge in [-0.05, 0) is 18.9 Å². The van der Waals surface area contributed by atoms with Crippen LogP contribution in [0.25, 0.3) is 0 Å². The number of nitrogens with one attached hydrogen (secondary N) is 1. The Morgan fingerprint density at radius 1 is 1.39 bits per heavy atom. The molecule has 94 valence electrons. The van der Waals surface area contributed by atoms with Crippen molar-refractivity contribution in [2.24, 2.45) is 0 Å². The van der Waals surface area contributed by atoms with Gasteiger partial charge in [0.05, 0.1) is 0 Å². The van der Waals surface area contributed by atoms with Gasteiger partial charge in [0.15, 0.2) is 0 Å². The van der Waals surface area contributed by atoms with E-state index in [0.717, 1.165) is 25.3 Å². The minimum absolute atomic E-state index is 0.484. The Balaban J connectivity index is 1.78. The van der Waals surface area contributed by atoms with Crippen LogP contribution in [0.2, 0.25) is 0 Å². The van der Waals surface area contributed by atoms with Crippen LogP contribution in [-0.2, 0) is 0 Å². The maximum Gasteiger partial charge on any atom is 0.134 e. The van der Waals surface area contributed by atoms with Crippen molar-refractivity contribution in [1.29, 1.82) is 0 Å². The van der Waals surface area contributed by atoms with Crippen molar-refractivity contribution in [3.05, 3.63) is 30.4 Å². The van der Waals surface area contributed by atoms with Crippen molar-refractivity contribution in [3.8, 4) is 0 Å². The number of anilines is 2. The van der Waals surface area contributed by atoms with Gasteiger partial charge in [0.1, 0.15) is 18.0 Å². The van der Waals surface area contributed by atoms with Gasteiger partial charge in [-0.25, -0.2) is 9.97 Å². The van der Waals surface area contributed by atoms with E-state index >= 15 is 0 Å². The number of aromatic amines is 1. The topological polar surface area (TPSA) is 83.7 Å². The lowest BCUT2D eigenvalue weighted by atomic mass is 9.95. The van der Waals surface area contributed by atoms with Crippen LogP contribution >= 0.6 is 0 Å². The highest BCUT2D eigenvalue weighted by Crippen LogP contribution is 2.28. The lowest BCUT2D eigenvalue weighted by Crippen LogP contribution is -2.35. The Morgan fingerprint density at radius 2 is 2.33 bits per heavy atom. The molecule has 2 aromatic rings. The largest absolute Gasteiger partial charge is 0.384 e. The van der Waals surface area contributed by atoms with Crippen molar-refractivity contribution in [2.45, 2.75) is 18.8 Å². The molecule has 0 aromatic carbocycles. The minimum Gasteiger partial charge on any atom is -0.384 e. The average Bonchev–Trinajstić information content (AvgIpc) is 2.93. The fourth-order valence-electron chi connectivity index (χ4n) is 2.47. The Bertz CT molecular complexity index is 509. The molecule has 6 nitrogen and oxygen atoms in total. The number of hydrogen-bond acceptors (Lipinski definition) is 5. The maximum absolute atomic E-state index is 5.70. The van der Waals surface area contributed by atoms with Crippen LogP contribution in [0.3, 0.4) is 0 Å². The second-order valence-corrected chi connectivity index (χ2v) is 4.60. The summed E-state index contributed by atoms with van der Waals surface area (Å²) < 4.78 is 0. The summed E-state index contributed by atoms with van der Waals surface area (Å²) in [6.07, 6.45) is 5.65. The van der Waals surface area contributed by atoms with Gasteiger partial charge in [-0.1, -0.05) is 0 Å². The predicted molar refractivity (Wildman–Crippen MR) is 69.2 cm³/mol. The Morgan fingerprint density at radius 3 is 3.11 bits per heavy atom. The second kappa shape index (κ2) is 4.64. The third-order valence-electron chi connectivity index (χ3n) is 3.38. The third-order valence-corrected chi connectivity index (χ3v) is 3.38. The van der Waals surface area contributed by atoms with Gasteiger partial charge in [0.25, 0.3) is 0 Å². The molecule has 3 N–H and O–H groups in total. The molecule has 18 heavy (non-hydrogen) atoms. The number of nitrogens with two attached hydrogens (primary N) is 1. The first-order valence-corrected chi connectivity index (χ1v) is 6.14. The summed E-state index contributed by atoms with van der Waals surface area (Å²) in [7, 11) is 0. The highest BCUT2D eigenvalue weighted by molar-refractivity contribution is 5.46. The number of piperidine rings is 1. The Hall–Kier alpha value is -2.11. The van der Waals surface area contributed by atoms with Gasteiger partial charge in [-0.15, -0.1) is 0 Å². The molecule has 2 aromatic heterocycles. The fourth-order valence-corrected chi connectivity index (χ4v) is 2.47. The number of hydrogen-bond donors (Lipinski definition) is 2. The van der Waals surface area contributed by atoms with Crippen LogP contribution in [0, 0.1) is 0 Å². The zero-order valence-corrected chi connectivity index (χ0v) is 10.1. The third kappa shape index (κ3) is 2.13. The number of nitrogen functional groups attached to an aromatic ring is 1. The van der Waals surface area contributed by atoms with E-state index < -0.39 is 0 Å². The standard InChI is InChI=1S/C12H16N6/c13-11-6-12(15-8-14-11)18-5-1-2-9(7-18)10-3-4-16-17-10/h3-4,6,8-9H,1-2,5,7H2,(H,16,17)(H2,13,14,15)/t9-/m1/s1. The van der Waals surface area contributed by atoms with Gasteiger partial charge >= 0.3 is 0 Å². The minimum atomic E-state index is 0.484. The lowest BCUT2D eigenvalue weighted by Gasteiger charge is -2.33. The molecule has 1 saturated heterocycles. The van der Waals surface area contributed by atoms with Crippen molar-refractivity contribution in [2.75, 3.05) is 23.7 Å². The van der Waals surface area contributed by atoms with Crippen LogP contribution in [0.1, 0.15) is 24.5 Å². The summed E-state index contributed by atoms with van der Waals surface area (Å²) >= 11 is 0. The molecule has 1 fully saturated rings. The van der Waals surface area contributed by atoms with E-state index in [1.54, 1.807) is 6.20 Å². The van der Waals surface area contributed by atoms with E-state index in [9.17, 15) is 0 Å². The van der Waals surface area contributed by atoms with Gasteiger partial charge in [0, 0.05) is 37.0 Å². The van der Waals surface area contributed by atoms with E-state index in [1.165, 1.54) is 18.4 Å². The molecule has 0 spiro atoms. The summed E-state index contributed by atoms with van der Waals surface area (Å²) in [5.41, 5.74) is 6.90. The average molecular weight is 244 g/mol. The number of H-pyrrole nitrogens is 1. The lowest BCUT2D eigenvalue weighted by molar-refractivity contribution is 0.498. The molecule has 3 rings (SSSR count). The number of nitrogens with zero attached hydrogens (tertiary/aromatic N) is 4. The first-order chi connectivity index (χ1) is 8.83. The monoisotopic (exact) mass is 244 g/mol. The molecule has 1 aliphatic rings. The maximum atomic E-state index is 5.70. The highest BCUT2D eigenvalue weighted by atomic mass is 15.2. The summed E-state index contributed by atoms with van der Waals surface area (Å²) in [6, 6.07) is 3.87. The van der Waals surface area contributed by atoms with Gasteiger partial charge in [-0.2, -0.15) is 5.10 Å². The quantitative estimate of drug-likeness (QED) is 0.828. The van der Waals surface area contributed by atoms with Crippen molar-refractivity contribution in [3.63, 3.8) is 0 Å². The molecular formula is C12H16N6. The SMILES string of the molecule is Nc1cc(N2CCC[C@@H](c3ccn[nH]3)C2)ncn1. The molecule has 6 heteroatoms. The van der Waals surface area contributed by atoms with Crippen LogP contribution in [0.15, 0.2) is 24.7 Å². The summed E-state index contributed by atoms with van der Waals surface area (Å²) in [5, 5.41) is 7.08. The summed E-state index contributed by atoms with van der Waals surface area (Å²) in [4.78, 5) is 10.5. The molecule has 0 unspecified atom stereocenters. The zero-order chi connectivity index (χ0) is 12.4. The molecule has 0 amide bonds. The van der Waals surface area contributed by atoms with Crippen LogP contribution < -0.4 is 10.6 Å². The molecule has 0 radical (unpaired) electrons. The van der Waals surface area contributed by atoms with E-state index in [-0.39, 0.29) is 0 Å². The van der Waals surface area contributed by atoms with E-state index in [0.29, 0.717) is 11.7 Å². The molecule has 1 atom stereocenters. The molecule has 3 heterocycles. The van der Waals surface area contributed by atoms with E-state index in [1.807, 2.05) is 12.1 Å². The first-order valence-electron chi connectivity index (χ1n) is 6.14. The fraction of sp³-hybridized carbons (Fsp3) is 0.417. The Labute approximate surface area is 105 Å². The normalized spacial score (nSPS) is 20.0. The van der Waals surface area contributed by atoms with Crippen molar-refractivity contribution >= 4 is 11.6 Å². The molecular weight excluding hydrogens is 228 g/mol. The molecule has 0 aliphatic carbocycles. The van der Waals surface area contributed by atoms with Crippen LogP contribution in [-0.4, -0.2) is 33.3 Å². The second-order valence-electron chi connectivity index (χ2n) is 4.60. The summed E-state index contributed by atoms with van der Waals surface area (Å²) in [5.74, 6) is 1.91. The van der Waals surface area contributed by atoms with E-state index in [4.69, 9.17) is 5.73 Å². The van der Waals surface area contributed by atoms with Gasteiger partial charge in [0.2, 0.25) is 0 Å². The van der Waals surface area contributed by atoms with Gasteiger partial charge < -0.3 is 10.6 Å². The first kappa shape index (κ1) is 11.0.